The number of hydrogen-bond acceptors (Lipinski definition) is 4. The molecule has 0 spiro atoms. The van der Waals surface area contributed by atoms with Crippen molar-refractivity contribution < 1.29 is 27.6 Å². The van der Waals surface area contributed by atoms with Gasteiger partial charge in [-0.1, -0.05) is 19.9 Å². The highest BCUT2D eigenvalue weighted by Gasteiger charge is 2.30. The molecule has 0 radical (unpaired) electrons. The fourth-order valence-electron chi connectivity index (χ4n) is 3.55. The van der Waals surface area contributed by atoms with E-state index in [4.69, 9.17) is 4.42 Å². The summed E-state index contributed by atoms with van der Waals surface area (Å²) in [4.78, 5) is 39.2. The summed E-state index contributed by atoms with van der Waals surface area (Å²) in [6, 6.07) is 3.60. The lowest BCUT2D eigenvalue weighted by Gasteiger charge is -2.33. The van der Waals surface area contributed by atoms with Crippen LogP contribution >= 0.6 is 0 Å². The molecular formula is C22H25F2N3O4. The first kappa shape index (κ1) is 22.5. The Morgan fingerprint density at radius 1 is 1.10 bits per heavy atom. The third kappa shape index (κ3) is 5.28. The van der Waals surface area contributed by atoms with Crippen LogP contribution in [0.25, 0.3) is 0 Å². The van der Waals surface area contributed by atoms with Crippen LogP contribution in [0.15, 0.2) is 41.2 Å². The molecule has 9 heteroatoms. The minimum atomic E-state index is -0.991. The van der Waals surface area contributed by atoms with Gasteiger partial charge in [-0.2, -0.15) is 0 Å². The fraction of sp³-hybridized carbons (Fsp3) is 0.409. The molecule has 1 aliphatic heterocycles. The maximum atomic E-state index is 13.9. The second-order valence-electron chi connectivity index (χ2n) is 7.88. The Bertz CT molecular complexity index is 918. The topological polar surface area (TPSA) is 91.7 Å². The Morgan fingerprint density at radius 2 is 1.74 bits per heavy atom. The van der Waals surface area contributed by atoms with Crippen molar-refractivity contribution in [3.05, 3.63) is 59.6 Å². The molecule has 1 aromatic carbocycles. The average molecular weight is 433 g/mol. The van der Waals surface area contributed by atoms with E-state index in [0.717, 1.165) is 18.2 Å². The smallest absolute Gasteiger partial charge is 0.257 e. The summed E-state index contributed by atoms with van der Waals surface area (Å²) < 4.78 is 32.7. The van der Waals surface area contributed by atoms with E-state index in [0.29, 0.717) is 31.5 Å². The molecule has 0 unspecified atom stereocenters. The number of piperidine rings is 1. The van der Waals surface area contributed by atoms with Crippen molar-refractivity contribution in [2.75, 3.05) is 13.1 Å². The van der Waals surface area contributed by atoms with Gasteiger partial charge in [-0.15, -0.1) is 0 Å². The van der Waals surface area contributed by atoms with E-state index in [-0.39, 0.29) is 17.9 Å². The highest BCUT2D eigenvalue weighted by atomic mass is 19.1. The van der Waals surface area contributed by atoms with Crippen LogP contribution in [-0.2, 0) is 4.79 Å². The van der Waals surface area contributed by atoms with Crippen LogP contribution in [0.4, 0.5) is 8.78 Å². The molecule has 7 nitrogen and oxygen atoms in total. The Balaban J connectivity index is 1.58. The van der Waals surface area contributed by atoms with E-state index in [1.54, 1.807) is 24.8 Å². The number of hydrogen-bond donors (Lipinski definition) is 2. The molecule has 0 bridgehead atoms. The highest BCUT2D eigenvalue weighted by molar-refractivity contribution is 5.98. The second kappa shape index (κ2) is 9.72. The first-order chi connectivity index (χ1) is 14.8. The van der Waals surface area contributed by atoms with E-state index in [1.165, 1.54) is 12.5 Å². The number of nitrogens with one attached hydrogen (secondary N) is 2. The highest BCUT2D eigenvalue weighted by Crippen LogP contribution is 2.16. The lowest BCUT2D eigenvalue weighted by molar-refractivity contribution is -0.124. The molecule has 31 heavy (non-hydrogen) atoms. The maximum Gasteiger partial charge on any atom is 0.257 e. The molecule has 0 saturated carbocycles. The third-order valence-corrected chi connectivity index (χ3v) is 5.32. The lowest BCUT2D eigenvalue weighted by Crippen LogP contribution is -2.54. The number of benzene rings is 1. The quantitative estimate of drug-likeness (QED) is 0.733. The van der Waals surface area contributed by atoms with Gasteiger partial charge < -0.3 is 20.0 Å². The molecule has 1 aromatic heterocycles. The molecule has 2 aromatic rings. The Hall–Kier alpha value is -3.23. The van der Waals surface area contributed by atoms with Gasteiger partial charge in [0.2, 0.25) is 5.91 Å². The number of likely N-dealkylation sites (tertiary alicyclic amines) is 1. The lowest BCUT2D eigenvalue weighted by atomic mass is 9.99. The molecular weight excluding hydrogens is 408 g/mol. The van der Waals surface area contributed by atoms with E-state index in [2.05, 4.69) is 10.6 Å². The van der Waals surface area contributed by atoms with Gasteiger partial charge >= 0.3 is 0 Å². The number of halogens is 2. The van der Waals surface area contributed by atoms with Gasteiger partial charge in [0.15, 0.2) is 0 Å². The molecule has 166 valence electrons. The van der Waals surface area contributed by atoms with Crippen LogP contribution in [0.1, 0.15) is 47.4 Å². The Labute approximate surface area is 178 Å². The number of rotatable bonds is 6. The fourth-order valence-corrected chi connectivity index (χ4v) is 3.55. The van der Waals surface area contributed by atoms with Gasteiger partial charge in [-0.05, 0) is 37.0 Å². The first-order valence-electron chi connectivity index (χ1n) is 10.1. The molecule has 1 atom stereocenters. The van der Waals surface area contributed by atoms with Crippen molar-refractivity contribution in [1.29, 1.82) is 0 Å². The van der Waals surface area contributed by atoms with Crippen LogP contribution in [0.3, 0.4) is 0 Å². The summed E-state index contributed by atoms with van der Waals surface area (Å²) in [6.07, 6.45) is 3.93. The van der Waals surface area contributed by atoms with Gasteiger partial charge in [-0.25, -0.2) is 8.78 Å². The molecule has 1 saturated heterocycles. The summed E-state index contributed by atoms with van der Waals surface area (Å²) in [7, 11) is 0. The molecule has 3 rings (SSSR count). The second-order valence-corrected chi connectivity index (χ2v) is 7.88. The van der Waals surface area contributed by atoms with E-state index in [9.17, 15) is 23.2 Å². The van der Waals surface area contributed by atoms with Crippen LogP contribution in [-0.4, -0.2) is 47.8 Å². The summed E-state index contributed by atoms with van der Waals surface area (Å²) in [5, 5.41) is 5.33. The van der Waals surface area contributed by atoms with Crippen LogP contribution in [0.2, 0.25) is 0 Å². The summed E-state index contributed by atoms with van der Waals surface area (Å²) in [5.41, 5.74) is -0.238. The van der Waals surface area contributed by atoms with Gasteiger partial charge in [-0.3, -0.25) is 14.4 Å². The number of amides is 3. The standard InChI is InChI=1S/C22H25F2N3O4/c1-13(2)19(26-20(28)18-16(23)4-3-5-17(18)24)21(29)25-15-6-9-27(10-7-15)22(30)14-8-11-31-12-14/h3-5,8,11-13,15,19H,6-7,9-10H2,1-2H3,(H,25,29)(H,26,28)/t19-/m0/s1. The van der Waals surface area contributed by atoms with Crippen LogP contribution < -0.4 is 10.6 Å². The number of furan rings is 1. The molecule has 3 amide bonds. The zero-order valence-corrected chi connectivity index (χ0v) is 17.4. The molecule has 2 N–H and O–H groups in total. The van der Waals surface area contributed by atoms with Crippen molar-refractivity contribution in [1.82, 2.24) is 15.5 Å². The zero-order chi connectivity index (χ0) is 22.5. The van der Waals surface area contributed by atoms with E-state index < -0.39 is 35.1 Å². The number of nitrogens with zero attached hydrogens (tertiary/aromatic N) is 1. The van der Waals surface area contributed by atoms with E-state index in [1.807, 2.05) is 0 Å². The zero-order valence-electron chi connectivity index (χ0n) is 17.4. The average Bonchev–Trinajstić information content (AvgIpc) is 3.26. The summed E-state index contributed by atoms with van der Waals surface area (Å²) in [5.74, 6) is -3.82. The van der Waals surface area contributed by atoms with Gasteiger partial charge in [0.1, 0.15) is 29.5 Å². The van der Waals surface area contributed by atoms with Crippen molar-refractivity contribution in [3.63, 3.8) is 0 Å². The van der Waals surface area contributed by atoms with Crippen molar-refractivity contribution in [2.24, 2.45) is 5.92 Å². The van der Waals surface area contributed by atoms with Crippen LogP contribution in [0, 0.1) is 17.6 Å². The summed E-state index contributed by atoms with van der Waals surface area (Å²) >= 11 is 0. The van der Waals surface area contributed by atoms with Gasteiger partial charge in [0.25, 0.3) is 11.8 Å². The Morgan fingerprint density at radius 3 is 2.29 bits per heavy atom. The minimum absolute atomic E-state index is 0.127. The van der Waals surface area contributed by atoms with Gasteiger partial charge in [0, 0.05) is 19.1 Å². The normalized spacial score (nSPS) is 15.6. The van der Waals surface area contributed by atoms with Crippen molar-refractivity contribution in [2.45, 2.75) is 38.8 Å². The Kier molecular flexibility index (Phi) is 7.04. The van der Waals surface area contributed by atoms with Gasteiger partial charge in [0.05, 0.1) is 11.8 Å². The number of carbonyl (C=O) groups excluding carboxylic acids is 3. The third-order valence-electron chi connectivity index (χ3n) is 5.32. The van der Waals surface area contributed by atoms with E-state index >= 15 is 0 Å². The van der Waals surface area contributed by atoms with Crippen molar-refractivity contribution in [3.8, 4) is 0 Å². The maximum absolute atomic E-state index is 13.9. The predicted molar refractivity (Wildman–Crippen MR) is 108 cm³/mol. The van der Waals surface area contributed by atoms with Crippen LogP contribution in [0.5, 0.6) is 0 Å². The SMILES string of the molecule is CC(C)[C@H](NC(=O)c1c(F)cccc1F)C(=O)NC1CCN(C(=O)c2ccoc2)CC1. The summed E-state index contributed by atoms with van der Waals surface area (Å²) in [6.45, 7) is 4.39. The molecule has 1 aliphatic rings. The number of carbonyl (C=O) groups is 3. The predicted octanol–water partition coefficient (Wildman–Crippen LogP) is 2.73. The minimum Gasteiger partial charge on any atom is -0.472 e. The largest absolute Gasteiger partial charge is 0.472 e. The monoisotopic (exact) mass is 433 g/mol. The first-order valence-corrected chi connectivity index (χ1v) is 10.1. The molecule has 2 heterocycles. The van der Waals surface area contributed by atoms with Crippen molar-refractivity contribution >= 4 is 17.7 Å². The molecule has 1 fully saturated rings. The molecule has 0 aliphatic carbocycles.